The number of halogens is 3. The summed E-state index contributed by atoms with van der Waals surface area (Å²) < 4.78 is 0. The largest absolute Gasteiger partial charge is 0.476 e. The Kier molecular flexibility index (Phi) is 13.8. The number of pyridine rings is 2. The van der Waals surface area contributed by atoms with Gasteiger partial charge in [0.1, 0.15) is 0 Å². The van der Waals surface area contributed by atoms with Gasteiger partial charge in [-0.2, -0.15) is 0 Å². The van der Waals surface area contributed by atoms with E-state index in [1.165, 1.54) is 23.5 Å². The molecule has 0 saturated carbocycles. The molecular formula is C25H32Cl3N3O2S. The fourth-order valence-electron chi connectivity index (χ4n) is 3.68. The SMILES string of the molecule is Cc1ccc(-c2c(CSc3cccnc3C(=O)O)c(C)nc(CC(C)C)c2CN)cc1.Cl.Cl.Cl. The molecule has 2 heterocycles. The molecule has 2 aromatic heterocycles. The number of nitrogens with two attached hydrogens (primary N) is 1. The normalized spacial score (nSPS) is 10.2. The van der Waals surface area contributed by atoms with Crippen LogP contribution >= 0.6 is 49.0 Å². The molecule has 0 saturated heterocycles. The Bertz CT molecular complexity index is 1090. The van der Waals surface area contributed by atoms with Crippen LogP contribution in [0.3, 0.4) is 0 Å². The van der Waals surface area contributed by atoms with Gasteiger partial charge in [0.05, 0.1) is 0 Å². The number of aromatic carboxylic acids is 1. The first-order valence-corrected chi connectivity index (χ1v) is 11.4. The molecule has 0 amide bonds. The number of nitrogens with zero attached hydrogens (tertiary/aromatic N) is 2. The van der Waals surface area contributed by atoms with Crippen LogP contribution in [-0.4, -0.2) is 21.0 Å². The van der Waals surface area contributed by atoms with E-state index in [0.29, 0.717) is 23.1 Å². The molecule has 0 aliphatic rings. The van der Waals surface area contributed by atoms with E-state index >= 15 is 0 Å². The molecule has 0 spiro atoms. The van der Waals surface area contributed by atoms with E-state index < -0.39 is 5.97 Å². The van der Waals surface area contributed by atoms with Gasteiger partial charge in [0, 0.05) is 34.8 Å². The van der Waals surface area contributed by atoms with Crippen molar-refractivity contribution in [3.05, 3.63) is 76.4 Å². The van der Waals surface area contributed by atoms with Gasteiger partial charge in [-0.3, -0.25) is 4.98 Å². The molecule has 0 fully saturated rings. The molecule has 0 aliphatic heterocycles. The lowest BCUT2D eigenvalue weighted by atomic mass is 9.90. The van der Waals surface area contributed by atoms with Gasteiger partial charge >= 0.3 is 5.97 Å². The second kappa shape index (κ2) is 14.5. The summed E-state index contributed by atoms with van der Waals surface area (Å²) in [5, 5.41) is 9.47. The summed E-state index contributed by atoms with van der Waals surface area (Å²) in [5.74, 6) is 0.0339. The van der Waals surface area contributed by atoms with Crippen LogP contribution in [0.15, 0.2) is 47.5 Å². The number of aromatic nitrogens is 2. The van der Waals surface area contributed by atoms with E-state index in [1.54, 1.807) is 12.1 Å². The second-order valence-corrected chi connectivity index (χ2v) is 9.11. The lowest BCUT2D eigenvalue weighted by Gasteiger charge is -2.21. The van der Waals surface area contributed by atoms with E-state index in [9.17, 15) is 9.90 Å². The molecule has 186 valence electrons. The van der Waals surface area contributed by atoms with Crippen LogP contribution in [0, 0.1) is 19.8 Å². The molecule has 1 aromatic carbocycles. The third-order valence-corrected chi connectivity index (χ3v) is 6.26. The zero-order valence-electron chi connectivity index (χ0n) is 19.7. The highest BCUT2D eigenvalue weighted by Gasteiger charge is 2.20. The van der Waals surface area contributed by atoms with E-state index in [4.69, 9.17) is 10.7 Å². The molecule has 0 unspecified atom stereocenters. The summed E-state index contributed by atoms with van der Waals surface area (Å²) >= 11 is 1.47. The molecule has 3 N–H and O–H groups in total. The van der Waals surface area contributed by atoms with Crippen LogP contribution in [0.5, 0.6) is 0 Å². The number of hydrogen-bond donors (Lipinski definition) is 2. The molecule has 5 nitrogen and oxygen atoms in total. The van der Waals surface area contributed by atoms with Crippen LogP contribution in [0.1, 0.15) is 52.4 Å². The van der Waals surface area contributed by atoms with Crippen molar-refractivity contribution >= 4 is 55.0 Å². The highest BCUT2D eigenvalue weighted by molar-refractivity contribution is 7.98. The first-order chi connectivity index (χ1) is 14.8. The van der Waals surface area contributed by atoms with Crippen LogP contribution < -0.4 is 5.73 Å². The van der Waals surface area contributed by atoms with Crippen LogP contribution in [0.4, 0.5) is 0 Å². The standard InChI is InChI=1S/C25H29N3O2S.3ClH/c1-15(2)12-21-19(13-26)23(18-9-7-16(3)8-10-18)20(17(4)28-21)14-31-22-6-5-11-27-24(22)25(29)30;;;/h5-11,15H,12-14,26H2,1-4H3,(H,29,30);3*1H. The van der Waals surface area contributed by atoms with Gasteiger partial charge in [-0.1, -0.05) is 43.7 Å². The van der Waals surface area contributed by atoms with Gasteiger partial charge in [0.15, 0.2) is 5.69 Å². The van der Waals surface area contributed by atoms with Crippen molar-refractivity contribution in [2.75, 3.05) is 0 Å². The number of aryl methyl sites for hydroxylation is 2. The molecule has 0 radical (unpaired) electrons. The molecule has 3 aromatic rings. The minimum Gasteiger partial charge on any atom is -0.476 e. The van der Waals surface area contributed by atoms with Gasteiger partial charge in [-0.05, 0) is 60.6 Å². The average Bonchev–Trinajstić information content (AvgIpc) is 2.73. The molecule has 0 atom stereocenters. The molecular weight excluding hydrogens is 513 g/mol. The van der Waals surface area contributed by atoms with E-state index in [-0.39, 0.29) is 42.9 Å². The van der Waals surface area contributed by atoms with Crippen molar-refractivity contribution in [1.29, 1.82) is 0 Å². The number of carboxylic acid groups (broad SMARTS) is 1. The Balaban J connectivity index is 0.00000363. The van der Waals surface area contributed by atoms with Crippen molar-refractivity contribution in [2.24, 2.45) is 11.7 Å². The van der Waals surface area contributed by atoms with Crippen molar-refractivity contribution in [1.82, 2.24) is 9.97 Å². The Labute approximate surface area is 224 Å². The zero-order chi connectivity index (χ0) is 22.5. The Morgan fingerprint density at radius 1 is 1.06 bits per heavy atom. The number of carboxylic acids is 1. The summed E-state index contributed by atoms with van der Waals surface area (Å²) in [6, 6.07) is 12.0. The summed E-state index contributed by atoms with van der Waals surface area (Å²) in [6.45, 7) is 8.87. The Morgan fingerprint density at radius 2 is 1.71 bits per heavy atom. The predicted octanol–water partition coefficient (Wildman–Crippen LogP) is 6.67. The lowest BCUT2D eigenvalue weighted by Crippen LogP contribution is -2.13. The maximum Gasteiger partial charge on any atom is 0.355 e. The van der Waals surface area contributed by atoms with E-state index in [0.717, 1.165) is 40.1 Å². The average molecular weight is 545 g/mol. The van der Waals surface area contributed by atoms with Gasteiger partial charge in [-0.15, -0.1) is 49.0 Å². The van der Waals surface area contributed by atoms with Crippen molar-refractivity contribution in [2.45, 2.75) is 51.3 Å². The van der Waals surface area contributed by atoms with Crippen molar-refractivity contribution in [3.63, 3.8) is 0 Å². The third kappa shape index (κ3) is 7.59. The monoisotopic (exact) mass is 543 g/mol. The zero-order valence-corrected chi connectivity index (χ0v) is 23.0. The second-order valence-electron chi connectivity index (χ2n) is 8.09. The maximum atomic E-state index is 11.6. The van der Waals surface area contributed by atoms with Gasteiger partial charge < -0.3 is 10.8 Å². The smallest absolute Gasteiger partial charge is 0.355 e. The summed E-state index contributed by atoms with van der Waals surface area (Å²) in [6.07, 6.45) is 2.37. The van der Waals surface area contributed by atoms with Crippen molar-refractivity contribution < 1.29 is 9.90 Å². The number of thioether (sulfide) groups is 1. The fourth-order valence-corrected chi connectivity index (χ4v) is 4.79. The minimum atomic E-state index is -1.02. The van der Waals surface area contributed by atoms with Gasteiger partial charge in [-0.25, -0.2) is 9.78 Å². The molecule has 34 heavy (non-hydrogen) atoms. The fraction of sp³-hybridized carbons (Fsp3) is 0.320. The van der Waals surface area contributed by atoms with E-state index in [2.05, 4.69) is 50.0 Å². The Hall–Kier alpha value is -1.83. The quantitative estimate of drug-likeness (QED) is 0.308. The highest BCUT2D eigenvalue weighted by Crippen LogP contribution is 2.36. The third-order valence-electron chi connectivity index (χ3n) is 5.18. The van der Waals surface area contributed by atoms with Crippen LogP contribution in [0.2, 0.25) is 0 Å². The molecule has 0 bridgehead atoms. The Morgan fingerprint density at radius 3 is 2.26 bits per heavy atom. The summed E-state index contributed by atoms with van der Waals surface area (Å²) in [4.78, 5) is 21.2. The highest BCUT2D eigenvalue weighted by atomic mass is 35.5. The summed E-state index contributed by atoms with van der Waals surface area (Å²) in [7, 11) is 0. The number of carbonyl (C=O) groups is 1. The topological polar surface area (TPSA) is 89.1 Å². The minimum absolute atomic E-state index is 0. The maximum absolute atomic E-state index is 11.6. The molecule has 9 heteroatoms. The number of rotatable bonds is 8. The van der Waals surface area contributed by atoms with Crippen LogP contribution in [0.25, 0.3) is 11.1 Å². The predicted molar refractivity (Wildman–Crippen MR) is 148 cm³/mol. The van der Waals surface area contributed by atoms with Crippen molar-refractivity contribution in [3.8, 4) is 11.1 Å². The first-order valence-electron chi connectivity index (χ1n) is 10.4. The van der Waals surface area contributed by atoms with Gasteiger partial charge in [0.2, 0.25) is 0 Å². The van der Waals surface area contributed by atoms with Gasteiger partial charge in [0.25, 0.3) is 0 Å². The summed E-state index contributed by atoms with van der Waals surface area (Å²) in [5.41, 5.74) is 13.9. The van der Waals surface area contributed by atoms with Crippen LogP contribution in [-0.2, 0) is 18.7 Å². The molecule has 3 rings (SSSR count). The van der Waals surface area contributed by atoms with E-state index in [1.807, 2.05) is 6.92 Å². The number of benzene rings is 1. The lowest BCUT2D eigenvalue weighted by molar-refractivity contribution is 0.0686. The number of hydrogen-bond acceptors (Lipinski definition) is 5. The first kappa shape index (κ1) is 32.2. The molecule has 0 aliphatic carbocycles.